The Balaban J connectivity index is 2.28. The van der Waals surface area contributed by atoms with Gasteiger partial charge in [0.2, 0.25) is 0 Å². The van der Waals surface area contributed by atoms with E-state index in [0.717, 1.165) is 0 Å². The molecule has 1 heterocycles. The maximum Gasteiger partial charge on any atom is 0.302 e. The summed E-state index contributed by atoms with van der Waals surface area (Å²) in [6, 6.07) is 0. The summed E-state index contributed by atoms with van der Waals surface area (Å²) in [5.41, 5.74) is 0. The van der Waals surface area contributed by atoms with E-state index in [4.69, 9.17) is 9.47 Å². The van der Waals surface area contributed by atoms with Crippen LogP contribution in [0.5, 0.6) is 0 Å². The zero-order chi connectivity index (χ0) is 10.6. The Morgan fingerprint density at radius 3 is 2.86 bits per heavy atom. The van der Waals surface area contributed by atoms with Gasteiger partial charge >= 0.3 is 5.97 Å². The molecule has 0 fully saturated rings. The molecule has 14 heavy (non-hydrogen) atoms. The summed E-state index contributed by atoms with van der Waals surface area (Å²) in [5.74, 6) is 0.198. The fourth-order valence-electron chi connectivity index (χ4n) is 1.15. The minimum Gasteiger partial charge on any atom is -0.499 e. The Hall–Kier alpha value is -1.52. The molecule has 0 saturated carbocycles. The SMILES string of the molecule is COC1=CC(=O)N(CCOC(C)=O)C1. The average molecular weight is 199 g/mol. The van der Waals surface area contributed by atoms with Crippen LogP contribution in [0.15, 0.2) is 11.8 Å². The van der Waals surface area contributed by atoms with E-state index in [-0.39, 0.29) is 18.5 Å². The Morgan fingerprint density at radius 2 is 2.36 bits per heavy atom. The smallest absolute Gasteiger partial charge is 0.302 e. The van der Waals surface area contributed by atoms with E-state index < -0.39 is 0 Å². The Labute approximate surface area is 82.3 Å². The summed E-state index contributed by atoms with van der Waals surface area (Å²) in [6.45, 7) is 2.43. The van der Waals surface area contributed by atoms with Gasteiger partial charge in [0.25, 0.3) is 5.91 Å². The Morgan fingerprint density at radius 1 is 1.64 bits per heavy atom. The van der Waals surface area contributed by atoms with E-state index in [1.165, 1.54) is 20.1 Å². The molecule has 78 valence electrons. The number of carbonyl (C=O) groups is 2. The molecule has 1 amide bonds. The van der Waals surface area contributed by atoms with E-state index >= 15 is 0 Å². The highest BCUT2D eigenvalue weighted by molar-refractivity contribution is 5.90. The van der Waals surface area contributed by atoms with Crippen LogP contribution >= 0.6 is 0 Å². The molecule has 0 aromatic heterocycles. The van der Waals surface area contributed by atoms with Crippen molar-refractivity contribution < 1.29 is 19.1 Å². The molecule has 5 nitrogen and oxygen atoms in total. The van der Waals surface area contributed by atoms with Gasteiger partial charge in [-0.05, 0) is 0 Å². The first kappa shape index (κ1) is 10.6. The molecule has 0 spiro atoms. The summed E-state index contributed by atoms with van der Waals surface area (Å²) in [6.07, 6.45) is 1.44. The van der Waals surface area contributed by atoms with Crippen LogP contribution in [0.3, 0.4) is 0 Å². The van der Waals surface area contributed by atoms with Gasteiger partial charge in [0.1, 0.15) is 12.4 Å². The van der Waals surface area contributed by atoms with E-state index in [0.29, 0.717) is 18.8 Å². The van der Waals surface area contributed by atoms with Gasteiger partial charge in [0.05, 0.1) is 20.2 Å². The largest absolute Gasteiger partial charge is 0.499 e. The van der Waals surface area contributed by atoms with Crippen molar-refractivity contribution in [2.24, 2.45) is 0 Å². The van der Waals surface area contributed by atoms with Crippen LogP contribution < -0.4 is 0 Å². The first-order valence-electron chi connectivity index (χ1n) is 4.30. The highest BCUT2D eigenvalue weighted by Gasteiger charge is 2.21. The van der Waals surface area contributed by atoms with Crippen molar-refractivity contribution in [1.82, 2.24) is 4.90 Å². The van der Waals surface area contributed by atoms with Gasteiger partial charge in [-0.15, -0.1) is 0 Å². The fraction of sp³-hybridized carbons (Fsp3) is 0.556. The van der Waals surface area contributed by atoms with Crippen LogP contribution in [0.1, 0.15) is 6.92 Å². The second-order valence-corrected chi connectivity index (χ2v) is 2.91. The van der Waals surface area contributed by atoms with E-state index in [2.05, 4.69) is 0 Å². The first-order chi connectivity index (χ1) is 6.63. The normalized spacial score (nSPS) is 15.4. The van der Waals surface area contributed by atoms with Gasteiger partial charge in [-0.25, -0.2) is 0 Å². The molecule has 1 rings (SSSR count). The summed E-state index contributed by atoms with van der Waals surface area (Å²) in [4.78, 5) is 23.3. The summed E-state index contributed by atoms with van der Waals surface area (Å²) in [7, 11) is 1.52. The lowest BCUT2D eigenvalue weighted by Gasteiger charge is -2.15. The van der Waals surface area contributed by atoms with Gasteiger partial charge in [-0.1, -0.05) is 0 Å². The lowest BCUT2D eigenvalue weighted by atomic mass is 10.5. The number of carbonyl (C=O) groups excluding carboxylic acids is 2. The summed E-state index contributed by atoms with van der Waals surface area (Å²) < 4.78 is 9.65. The highest BCUT2D eigenvalue weighted by atomic mass is 16.5. The quantitative estimate of drug-likeness (QED) is 0.594. The molecule has 1 aliphatic rings. The standard InChI is InChI=1S/C9H13NO4/c1-7(11)14-4-3-10-6-8(13-2)5-9(10)12/h5H,3-4,6H2,1-2H3. The molecule has 0 aromatic rings. The lowest BCUT2D eigenvalue weighted by molar-refractivity contribution is -0.142. The predicted molar refractivity (Wildman–Crippen MR) is 48.3 cm³/mol. The van der Waals surface area contributed by atoms with Gasteiger partial charge in [0.15, 0.2) is 0 Å². The number of rotatable bonds is 4. The van der Waals surface area contributed by atoms with Gasteiger partial charge < -0.3 is 14.4 Å². The van der Waals surface area contributed by atoms with Crippen LogP contribution in [0.4, 0.5) is 0 Å². The third kappa shape index (κ3) is 2.76. The van der Waals surface area contributed by atoms with Crippen molar-refractivity contribution in [2.75, 3.05) is 26.8 Å². The van der Waals surface area contributed by atoms with Gasteiger partial charge in [-0.3, -0.25) is 9.59 Å². The third-order valence-corrected chi connectivity index (χ3v) is 1.87. The first-order valence-corrected chi connectivity index (χ1v) is 4.30. The molecule has 0 radical (unpaired) electrons. The van der Waals surface area contributed by atoms with Crippen LogP contribution in [-0.2, 0) is 19.1 Å². The molecule has 0 aromatic carbocycles. The highest BCUT2D eigenvalue weighted by Crippen LogP contribution is 2.09. The van der Waals surface area contributed by atoms with E-state index in [1.54, 1.807) is 4.90 Å². The van der Waals surface area contributed by atoms with E-state index in [9.17, 15) is 9.59 Å². The molecule has 0 saturated heterocycles. The number of hydrogen-bond acceptors (Lipinski definition) is 4. The van der Waals surface area contributed by atoms with Crippen molar-refractivity contribution in [1.29, 1.82) is 0 Å². The van der Waals surface area contributed by atoms with Crippen molar-refractivity contribution >= 4 is 11.9 Å². The fourth-order valence-corrected chi connectivity index (χ4v) is 1.15. The molecule has 5 heteroatoms. The van der Waals surface area contributed by atoms with E-state index in [1.807, 2.05) is 0 Å². The molecule has 0 unspecified atom stereocenters. The summed E-state index contributed by atoms with van der Waals surface area (Å²) >= 11 is 0. The monoisotopic (exact) mass is 199 g/mol. The minimum absolute atomic E-state index is 0.103. The minimum atomic E-state index is -0.337. The zero-order valence-electron chi connectivity index (χ0n) is 8.28. The van der Waals surface area contributed by atoms with Crippen LogP contribution in [-0.4, -0.2) is 43.6 Å². The number of nitrogens with zero attached hydrogens (tertiary/aromatic N) is 1. The van der Waals surface area contributed by atoms with Gasteiger partial charge in [0, 0.05) is 13.0 Å². The molecule has 0 atom stereocenters. The Kier molecular flexibility index (Phi) is 3.50. The van der Waals surface area contributed by atoms with Gasteiger partial charge in [-0.2, -0.15) is 0 Å². The maximum absolute atomic E-state index is 11.2. The van der Waals surface area contributed by atoms with Crippen LogP contribution in [0.25, 0.3) is 0 Å². The maximum atomic E-state index is 11.2. The third-order valence-electron chi connectivity index (χ3n) is 1.87. The van der Waals surface area contributed by atoms with Crippen molar-refractivity contribution in [3.05, 3.63) is 11.8 Å². The molecule has 0 bridgehead atoms. The molecular weight excluding hydrogens is 186 g/mol. The molecule has 0 aliphatic carbocycles. The second kappa shape index (κ2) is 4.64. The number of ether oxygens (including phenoxy) is 2. The zero-order valence-corrected chi connectivity index (χ0v) is 8.28. The molecule has 1 aliphatic heterocycles. The Bertz CT molecular complexity index is 272. The van der Waals surface area contributed by atoms with Crippen LogP contribution in [0.2, 0.25) is 0 Å². The lowest BCUT2D eigenvalue weighted by Crippen LogP contribution is -2.30. The predicted octanol–water partition coefficient (Wildman–Crippen LogP) is -0.0780. The molecular formula is C9H13NO4. The molecule has 0 N–H and O–H groups in total. The van der Waals surface area contributed by atoms with Crippen LogP contribution in [0, 0.1) is 0 Å². The van der Waals surface area contributed by atoms with Crippen molar-refractivity contribution in [3.8, 4) is 0 Å². The number of hydrogen-bond donors (Lipinski definition) is 0. The number of amides is 1. The topological polar surface area (TPSA) is 55.8 Å². The van der Waals surface area contributed by atoms with Crippen molar-refractivity contribution in [3.63, 3.8) is 0 Å². The second-order valence-electron chi connectivity index (χ2n) is 2.91. The van der Waals surface area contributed by atoms with Crippen molar-refractivity contribution in [2.45, 2.75) is 6.92 Å². The number of esters is 1. The number of methoxy groups -OCH3 is 1. The average Bonchev–Trinajstić information content (AvgIpc) is 2.47. The summed E-state index contributed by atoms with van der Waals surface area (Å²) in [5, 5.41) is 0.